The number of aliphatic hydroxyl groups excluding tert-OH is 1. The number of benzene rings is 2. The SMILES string of the molecule is CO[C@H]1O[C@H]([C@H]2O[C@@H]2C)[C@H](O)[C@H](OCc2ccccc2)[C@H]1OCc1ccccc1. The van der Waals surface area contributed by atoms with Crippen LogP contribution >= 0.6 is 0 Å². The van der Waals surface area contributed by atoms with Crippen LogP contribution in [0.25, 0.3) is 0 Å². The predicted octanol–water partition coefficient (Wildman–Crippen LogP) is 2.68. The fraction of sp³-hybridized carbons (Fsp3) is 0.478. The van der Waals surface area contributed by atoms with Gasteiger partial charge in [-0.3, -0.25) is 0 Å². The van der Waals surface area contributed by atoms with Gasteiger partial charge in [0.15, 0.2) is 6.29 Å². The quantitative estimate of drug-likeness (QED) is 0.687. The van der Waals surface area contributed by atoms with E-state index in [0.29, 0.717) is 13.2 Å². The van der Waals surface area contributed by atoms with Crippen LogP contribution in [-0.4, -0.2) is 55.1 Å². The van der Waals surface area contributed by atoms with Gasteiger partial charge in [0.05, 0.1) is 19.3 Å². The second kappa shape index (κ2) is 9.34. The van der Waals surface area contributed by atoms with E-state index in [4.69, 9.17) is 23.7 Å². The number of methoxy groups -OCH3 is 1. The summed E-state index contributed by atoms with van der Waals surface area (Å²) in [6.45, 7) is 2.69. The van der Waals surface area contributed by atoms with Gasteiger partial charge in [0, 0.05) is 7.11 Å². The molecule has 6 heteroatoms. The van der Waals surface area contributed by atoms with Crippen molar-refractivity contribution in [3.8, 4) is 0 Å². The van der Waals surface area contributed by atoms with Crippen molar-refractivity contribution in [3.63, 3.8) is 0 Å². The zero-order valence-electron chi connectivity index (χ0n) is 16.7. The molecule has 0 saturated carbocycles. The van der Waals surface area contributed by atoms with Gasteiger partial charge in [0.1, 0.15) is 30.5 Å². The third-order valence-corrected chi connectivity index (χ3v) is 5.44. The predicted molar refractivity (Wildman–Crippen MR) is 106 cm³/mol. The number of hydrogen-bond acceptors (Lipinski definition) is 6. The Bertz CT molecular complexity index is 754. The monoisotopic (exact) mass is 400 g/mol. The minimum absolute atomic E-state index is 0.0451. The van der Waals surface area contributed by atoms with Crippen LogP contribution in [0.1, 0.15) is 18.1 Å². The molecule has 0 amide bonds. The molecule has 29 heavy (non-hydrogen) atoms. The van der Waals surface area contributed by atoms with Crippen LogP contribution in [0.5, 0.6) is 0 Å². The van der Waals surface area contributed by atoms with E-state index in [-0.39, 0.29) is 12.2 Å². The first kappa shape index (κ1) is 20.5. The minimum Gasteiger partial charge on any atom is -0.387 e. The first-order valence-corrected chi connectivity index (χ1v) is 10.00. The third kappa shape index (κ3) is 4.86. The number of ether oxygens (including phenoxy) is 5. The van der Waals surface area contributed by atoms with Gasteiger partial charge < -0.3 is 28.8 Å². The summed E-state index contributed by atoms with van der Waals surface area (Å²) >= 11 is 0. The Kier molecular flexibility index (Phi) is 6.60. The summed E-state index contributed by atoms with van der Waals surface area (Å²) in [6, 6.07) is 19.7. The Hall–Kier alpha value is -1.80. The summed E-state index contributed by atoms with van der Waals surface area (Å²) < 4.78 is 29.5. The van der Waals surface area contributed by atoms with Crippen LogP contribution in [-0.2, 0) is 36.9 Å². The average Bonchev–Trinajstić information content (AvgIpc) is 3.49. The molecule has 2 aliphatic rings. The number of aliphatic hydroxyl groups is 1. The third-order valence-electron chi connectivity index (χ3n) is 5.44. The molecule has 0 radical (unpaired) electrons. The first-order chi connectivity index (χ1) is 14.2. The maximum Gasteiger partial charge on any atom is 0.186 e. The largest absolute Gasteiger partial charge is 0.387 e. The zero-order valence-corrected chi connectivity index (χ0v) is 16.7. The normalized spacial score (nSPS) is 34.1. The number of rotatable bonds is 8. The van der Waals surface area contributed by atoms with Crippen molar-refractivity contribution in [1.29, 1.82) is 0 Å². The van der Waals surface area contributed by atoms with Gasteiger partial charge in [-0.15, -0.1) is 0 Å². The van der Waals surface area contributed by atoms with Gasteiger partial charge in [-0.2, -0.15) is 0 Å². The fourth-order valence-electron chi connectivity index (χ4n) is 3.76. The fourth-order valence-corrected chi connectivity index (χ4v) is 3.76. The molecule has 2 heterocycles. The van der Waals surface area contributed by atoms with Crippen molar-refractivity contribution in [1.82, 2.24) is 0 Å². The van der Waals surface area contributed by atoms with Gasteiger partial charge >= 0.3 is 0 Å². The molecule has 0 spiro atoms. The lowest BCUT2D eigenvalue weighted by Crippen LogP contribution is -2.61. The van der Waals surface area contributed by atoms with E-state index >= 15 is 0 Å². The second-order valence-electron chi connectivity index (χ2n) is 7.52. The molecule has 2 aromatic rings. The maximum atomic E-state index is 11.1. The van der Waals surface area contributed by atoms with Crippen LogP contribution in [0.2, 0.25) is 0 Å². The lowest BCUT2D eigenvalue weighted by Gasteiger charge is -2.43. The summed E-state index contributed by atoms with van der Waals surface area (Å²) in [5.74, 6) is 0. The molecule has 0 aliphatic carbocycles. The molecule has 2 aliphatic heterocycles. The van der Waals surface area contributed by atoms with Crippen molar-refractivity contribution in [2.24, 2.45) is 0 Å². The molecule has 2 saturated heterocycles. The van der Waals surface area contributed by atoms with E-state index in [2.05, 4.69) is 0 Å². The Balaban J connectivity index is 1.50. The van der Waals surface area contributed by atoms with Gasteiger partial charge in [-0.25, -0.2) is 0 Å². The lowest BCUT2D eigenvalue weighted by molar-refractivity contribution is -0.312. The van der Waals surface area contributed by atoms with Crippen molar-refractivity contribution in [2.45, 2.75) is 63.1 Å². The highest BCUT2D eigenvalue weighted by molar-refractivity contribution is 5.15. The van der Waals surface area contributed by atoms with Crippen molar-refractivity contribution >= 4 is 0 Å². The van der Waals surface area contributed by atoms with E-state index in [1.54, 1.807) is 7.11 Å². The zero-order chi connectivity index (χ0) is 20.2. The van der Waals surface area contributed by atoms with E-state index in [0.717, 1.165) is 11.1 Å². The molecule has 4 rings (SSSR count). The highest BCUT2D eigenvalue weighted by Crippen LogP contribution is 2.36. The van der Waals surface area contributed by atoms with E-state index in [9.17, 15) is 5.11 Å². The summed E-state index contributed by atoms with van der Waals surface area (Å²) in [4.78, 5) is 0. The molecule has 6 nitrogen and oxygen atoms in total. The van der Waals surface area contributed by atoms with Gasteiger partial charge in [-0.05, 0) is 18.1 Å². The molecule has 156 valence electrons. The molecular formula is C23H28O6. The molecule has 0 aromatic heterocycles. The summed E-state index contributed by atoms with van der Waals surface area (Å²) in [7, 11) is 1.57. The van der Waals surface area contributed by atoms with E-state index in [1.807, 2.05) is 67.6 Å². The Labute approximate surface area is 171 Å². The maximum absolute atomic E-state index is 11.1. The molecular weight excluding hydrogens is 372 g/mol. The highest BCUT2D eigenvalue weighted by atomic mass is 16.7. The molecule has 0 bridgehead atoms. The van der Waals surface area contributed by atoms with Crippen LogP contribution in [0.3, 0.4) is 0 Å². The Morgan fingerprint density at radius 1 is 0.793 bits per heavy atom. The van der Waals surface area contributed by atoms with Crippen molar-refractivity contribution in [2.75, 3.05) is 7.11 Å². The summed E-state index contributed by atoms with van der Waals surface area (Å²) in [5.41, 5.74) is 2.05. The first-order valence-electron chi connectivity index (χ1n) is 10.00. The van der Waals surface area contributed by atoms with Gasteiger partial charge in [-0.1, -0.05) is 60.7 Å². The molecule has 2 aromatic carbocycles. The molecule has 7 atom stereocenters. The Morgan fingerprint density at radius 2 is 1.31 bits per heavy atom. The van der Waals surface area contributed by atoms with Crippen LogP contribution in [0.4, 0.5) is 0 Å². The minimum atomic E-state index is -0.888. The van der Waals surface area contributed by atoms with E-state index in [1.165, 1.54) is 0 Å². The summed E-state index contributed by atoms with van der Waals surface area (Å²) in [5, 5.41) is 11.1. The highest BCUT2D eigenvalue weighted by Gasteiger charge is 2.55. The molecule has 2 fully saturated rings. The van der Waals surface area contributed by atoms with Crippen molar-refractivity contribution in [3.05, 3.63) is 71.8 Å². The van der Waals surface area contributed by atoms with Crippen LogP contribution < -0.4 is 0 Å². The van der Waals surface area contributed by atoms with E-state index < -0.39 is 30.7 Å². The van der Waals surface area contributed by atoms with Crippen LogP contribution in [0.15, 0.2) is 60.7 Å². The standard InChI is InChI=1S/C23H28O6/c1-15-19(28-15)21-18(24)20(26-13-16-9-5-3-6-10-16)22(23(25-2)29-21)27-14-17-11-7-4-8-12-17/h3-12,15,18-24H,13-14H2,1-2H3/t15-,18-,19+,20+,21+,22-,23+/m1/s1. The van der Waals surface area contributed by atoms with Gasteiger partial charge in [0.25, 0.3) is 0 Å². The smallest absolute Gasteiger partial charge is 0.186 e. The van der Waals surface area contributed by atoms with Gasteiger partial charge in [0.2, 0.25) is 0 Å². The summed E-state index contributed by atoms with van der Waals surface area (Å²) in [6.07, 6.45) is -3.38. The topological polar surface area (TPSA) is 69.7 Å². The van der Waals surface area contributed by atoms with Crippen molar-refractivity contribution < 1.29 is 28.8 Å². The lowest BCUT2D eigenvalue weighted by atomic mass is 9.95. The van der Waals surface area contributed by atoms with Crippen LogP contribution in [0, 0.1) is 0 Å². The second-order valence-corrected chi connectivity index (χ2v) is 7.52. The number of hydrogen-bond donors (Lipinski definition) is 1. The molecule has 1 N–H and O–H groups in total. The number of epoxide rings is 1. The Morgan fingerprint density at radius 3 is 1.79 bits per heavy atom. The molecule has 0 unspecified atom stereocenters. The average molecular weight is 400 g/mol.